The van der Waals surface area contributed by atoms with Gasteiger partial charge in [-0.15, -0.1) is 0 Å². The summed E-state index contributed by atoms with van der Waals surface area (Å²) in [4.78, 5) is 1.08. The predicted octanol–water partition coefficient (Wildman–Crippen LogP) is 17.4. The van der Waals surface area contributed by atoms with Crippen molar-refractivity contribution in [1.82, 2.24) is 18.3 Å². The molecule has 8 nitrogen and oxygen atoms in total. The Kier molecular flexibility index (Phi) is 9.74. The van der Waals surface area contributed by atoms with Gasteiger partial charge in [0.1, 0.15) is 0 Å². The van der Waals surface area contributed by atoms with Gasteiger partial charge in [0, 0.05) is 77.0 Å². The fourth-order valence-electron chi connectivity index (χ4n) is 13.3. The van der Waals surface area contributed by atoms with E-state index < -0.39 is 19.7 Å². The Morgan fingerprint density at radius 1 is 0.256 bits per heavy atom. The molecule has 10 heteroatoms. The van der Waals surface area contributed by atoms with E-state index in [2.05, 4.69) is 152 Å². The van der Waals surface area contributed by atoms with Crippen LogP contribution in [0.4, 0.5) is 0 Å². The summed E-state index contributed by atoms with van der Waals surface area (Å²) < 4.78 is 65.9. The summed E-state index contributed by atoms with van der Waals surface area (Å²) in [5.41, 5.74) is 15.3. The van der Waals surface area contributed by atoms with Crippen LogP contribution < -0.4 is 0 Å². The van der Waals surface area contributed by atoms with E-state index in [-0.39, 0.29) is 9.79 Å². The molecule has 0 saturated carbocycles. The van der Waals surface area contributed by atoms with E-state index in [1.807, 2.05) is 97.1 Å². The minimum Gasteiger partial charge on any atom is -0.309 e. The third-order valence-corrected chi connectivity index (χ3v) is 20.6. The summed E-state index contributed by atoms with van der Waals surface area (Å²) in [6.45, 7) is 0. The zero-order valence-electron chi connectivity index (χ0n) is 43.6. The number of hydrogen-bond donors (Lipinski definition) is 0. The van der Waals surface area contributed by atoms with Gasteiger partial charge in [0.2, 0.25) is 19.7 Å². The van der Waals surface area contributed by atoms with Crippen molar-refractivity contribution in [3.05, 3.63) is 267 Å². The second kappa shape index (κ2) is 17.1. The molecule has 12 aromatic carbocycles. The number of hydrogen-bond acceptors (Lipinski definition) is 4. The molecule has 0 unspecified atom stereocenters. The zero-order chi connectivity index (χ0) is 54.6. The van der Waals surface area contributed by atoms with Gasteiger partial charge in [0.15, 0.2) is 0 Å². The van der Waals surface area contributed by atoms with Crippen LogP contribution in [0.15, 0.2) is 287 Å². The normalized spacial score (nSPS) is 13.2. The molecule has 0 radical (unpaired) electrons. The maximum absolute atomic E-state index is 14.3. The SMILES string of the molecule is O=S(=O)(c1ccc(-n2c3ccccc3c3ccccc32)cc1)c1ccc(-n2c3ccccc3c3cc(-c4ccc5c(c4)c4ccccc4n5-c4ccc5c(c4)-c4cc(-n6c7ccccc7c7ccccc76)ccc4S5(=O)=O)ccc32)cc1. The van der Waals surface area contributed by atoms with Gasteiger partial charge in [-0.25, -0.2) is 16.8 Å². The van der Waals surface area contributed by atoms with Gasteiger partial charge < -0.3 is 18.3 Å². The Balaban J connectivity index is 0.718. The molecular formula is C72H44N4O4S2. The van der Waals surface area contributed by atoms with E-state index >= 15 is 0 Å². The monoisotopic (exact) mass is 1090 g/mol. The molecular weight excluding hydrogens is 1050 g/mol. The number of aromatic nitrogens is 4. The van der Waals surface area contributed by atoms with Gasteiger partial charge >= 0.3 is 0 Å². The third-order valence-electron chi connectivity index (χ3n) is 17.0. The molecule has 1 aliphatic heterocycles. The van der Waals surface area contributed by atoms with Crippen LogP contribution in [-0.4, -0.2) is 35.1 Å². The molecule has 5 heterocycles. The van der Waals surface area contributed by atoms with Gasteiger partial charge in [0.25, 0.3) is 0 Å². The number of fused-ring (bicyclic) bond motifs is 15. The molecule has 0 amide bonds. The van der Waals surface area contributed by atoms with Crippen molar-refractivity contribution in [2.24, 2.45) is 0 Å². The lowest BCUT2D eigenvalue weighted by atomic mass is 10.0. The average molecular weight is 1090 g/mol. The predicted molar refractivity (Wildman–Crippen MR) is 332 cm³/mol. The summed E-state index contributed by atoms with van der Waals surface area (Å²) >= 11 is 0. The van der Waals surface area contributed by atoms with E-state index in [1.54, 1.807) is 36.4 Å². The van der Waals surface area contributed by atoms with Crippen LogP contribution in [0.2, 0.25) is 0 Å². The summed E-state index contributed by atoms with van der Waals surface area (Å²) in [6.07, 6.45) is 0. The first-order valence-electron chi connectivity index (χ1n) is 27.2. The van der Waals surface area contributed by atoms with Crippen molar-refractivity contribution < 1.29 is 16.8 Å². The topological polar surface area (TPSA) is 88.0 Å². The van der Waals surface area contributed by atoms with Crippen molar-refractivity contribution in [2.45, 2.75) is 19.6 Å². The standard InChI is InChI=1S/C72H44N4O4S2/c77-81(78,51-33-27-47(28-34-51)73-63-19-7-1-13-53(63)54-14-2-8-20-64(54)73)52-35-29-48(30-36-52)74-67-23-11-5-17-57(67)59-41-45(25-37-69(59)74)46-26-38-70-60(42-46)58-18-6-12-24-68(58)76(70)50-32-40-72-62(44-50)61-43-49(31-39-71(61)82(72,79)80)75-65-21-9-3-15-55(65)56-16-4-10-22-66(56)75/h1-44H. The van der Waals surface area contributed by atoms with E-state index in [0.29, 0.717) is 20.9 Å². The maximum atomic E-state index is 14.3. The minimum absolute atomic E-state index is 0.222. The molecule has 0 aliphatic carbocycles. The number of nitrogens with zero attached hydrogens (tertiary/aromatic N) is 4. The second-order valence-electron chi connectivity index (χ2n) is 21.3. The van der Waals surface area contributed by atoms with Crippen molar-refractivity contribution in [3.8, 4) is 45.0 Å². The van der Waals surface area contributed by atoms with E-state index in [9.17, 15) is 16.8 Å². The molecule has 388 valence electrons. The molecule has 1 aliphatic rings. The van der Waals surface area contributed by atoms with Crippen molar-refractivity contribution in [2.75, 3.05) is 0 Å². The number of para-hydroxylation sites is 6. The van der Waals surface area contributed by atoms with Crippen LogP contribution >= 0.6 is 0 Å². The van der Waals surface area contributed by atoms with Crippen LogP contribution in [-0.2, 0) is 19.7 Å². The van der Waals surface area contributed by atoms with E-state index in [1.165, 1.54) is 0 Å². The highest BCUT2D eigenvalue weighted by molar-refractivity contribution is 7.92. The number of sulfone groups is 2. The Hall–Kier alpha value is -10.3. The van der Waals surface area contributed by atoms with Crippen LogP contribution in [0.1, 0.15) is 0 Å². The molecule has 0 saturated heterocycles. The molecule has 0 N–H and O–H groups in total. The Morgan fingerprint density at radius 2 is 0.524 bits per heavy atom. The Labute approximate surface area is 470 Å². The summed E-state index contributed by atoms with van der Waals surface area (Å²) in [5.74, 6) is 0. The second-order valence-corrected chi connectivity index (χ2v) is 25.1. The van der Waals surface area contributed by atoms with Crippen LogP contribution in [0.3, 0.4) is 0 Å². The third kappa shape index (κ3) is 6.58. The average Bonchev–Trinajstić information content (AvgIpc) is 3.97. The van der Waals surface area contributed by atoms with E-state index in [4.69, 9.17) is 0 Å². The molecule has 0 fully saturated rings. The molecule has 0 atom stereocenters. The summed E-state index contributed by atoms with van der Waals surface area (Å²) in [5, 5.41) is 8.89. The smallest absolute Gasteiger partial charge is 0.207 e. The van der Waals surface area contributed by atoms with Crippen LogP contribution in [0.5, 0.6) is 0 Å². The van der Waals surface area contributed by atoms with Crippen LogP contribution in [0, 0.1) is 0 Å². The lowest BCUT2D eigenvalue weighted by Crippen LogP contribution is -2.03. The quantitative estimate of drug-likeness (QED) is 0.159. The van der Waals surface area contributed by atoms with Crippen LogP contribution in [0.25, 0.3) is 132 Å². The van der Waals surface area contributed by atoms with Gasteiger partial charge in [0.05, 0.1) is 63.7 Å². The molecule has 16 aromatic rings. The van der Waals surface area contributed by atoms with Gasteiger partial charge in [-0.2, -0.15) is 0 Å². The fourth-order valence-corrected chi connectivity index (χ4v) is 16.2. The minimum atomic E-state index is -3.84. The molecule has 82 heavy (non-hydrogen) atoms. The maximum Gasteiger partial charge on any atom is 0.207 e. The molecule has 4 aromatic heterocycles. The van der Waals surface area contributed by atoms with E-state index in [0.717, 1.165) is 121 Å². The highest BCUT2D eigenvalue weighted by Gasteiger charge is 2.34. The lowest BCUT2D eigenvalue weighted by Gasteiger charge is -2.12. The highest BCUT2D eigenvalue weighted by Crippen LogP contribution is 2.47. The van der Waals surface area contributed by atoms with Gasteiger partial charge in [-0.05, 0) is 157 Å². The number of rotatable bonds is 7. The highest BCUT2D eigenvalue weighted by atomic mass is 32.2. The lowest BCUT2D eigenvalue weighted by molar-refractivity contribution is 0.595. The molecule has 0 spiro atoms. The fraction of sp³-hybridized carbons (Fsp3) is 0. The molecule has 17 rings (SSSR count). The zero-order valence-corrected chi connectivity index (χ0v) is 45.3. The Bertz CT molecular complexity index is 5560. The summed E-state index contributed by atoms with van der Waals surface area (Å²) in [6, 6.07) is 89.0. The summed E-state index contributed by atoms with van der Waals surface area (Å²) in [7, 11) is -7.60. The largest absolute Gasteiger partial charge is 0.309 e. The first-order chi connectivity index (χ1) is 40.2. The first kappa shape index (κ1) is 46.6. The van der Waals surface area contributed by atoms with Crippen molar-refractivity contribution in [3.63, 3.8) is 0 Å². The van der Waals surface area contributed by atoms with Crippen molar-refractivity contribution >= 4 is 107 Å². The van der Waals surface area contributed by atoms with Crippen molar-refractivity contribution in [1.29, 1.82) is 0 Å². The molecule has 0 bridgehead atoms. The Morgan fingerprint density at radius 3 is 0.854 bits per heavy atom. The van der Waals surface area contributed by atoms with Gasteiger partial charge in [-0.3, -0.25) is 0 Å². The van der Waals surface area contributed by atoms with Gasteiger partial charge in [-0.1, -0.05) is 121 Å². The number of benzene rings is 12. The first-order valence-corrected chi connectivity index (χ1v) is 30.2.